The molecule has 0 spiro atoms. The minimum Gasteiger partial charge on any atom is -0.494 e. The number of anilines is 1. The fourth-order valence-corrected chi connectivity index (χ4v) is 3.06. The average Bonchev–Trinajstić information content (AvgIpc) is 2.47. The van der Waals surface area contributed by atoms with Gasteiger partial charge in [0.2, 0.25) is 0 Å². The van der Waals surface area contributed by atoms with Crippen molar-refractivity contribution in [3.05, 3.63) is 23.8 Å². The zero-order chi connectivity index (χ0) is 15.2. The number of hydrogen-bond donors (Lipinski definition) is 2. The van der Waals surface area contributed by atoms with Gasteiger partial charge in [-0.15, -0.1) is 0 Å². The maximum absolute atomic E-state index is 12.4. The van der Waals surface area contributed by atoms with Gasteiger partial charge in [0.1, 0.15) is 5.75 Å². The van der Waals surface area contributed by atoms with E-state index in [1.165, 1.54) is 19.3 Å². The lowest BCUT2D eigenvalue weighted by atomic mass is 9.84. The second-order valence-corrected chi connectivity index (χ2v) is 5.84. The van der Waals surface area contributed by atoms with Gasteiger partial charge in [-0.05, 0) is 37.8 Å². The van der Waals surface area contributed by atoms with Crippen LogP contribution >= 0.6 is 0 Å². The number of ether oxygens (including phenoxy) is 1. The van der Waals surface area contributed by atoms with Gasteiger partial charge in [-0.3, -0.25) is 4.79 Å². The predicted molar refractivity (Wildman–Crippen MR) is 85.5 cm³/mol. The minimum atomic E-state index is -0.0509. The van der Waals surface area contributed by atoms with Crippen LogP contribution in [0.15, 0.2) is 18.2 Å². The Labute approximate surface area is 127 Å². The molecule has 0 aromatic heterocycles. The highest BCUT2D eigenvalue weighted by Crippen LogP contribution is 2.27. The zero-order valence-corrected chi connectivity index (χ0v) is 13.0. The highest BCUT2D eigenvalue weighted by molar-refractivity contribution is 5.95. The lowest BCUT2D eigenvalue weighted by molar-refractivity contribution is 0.0918. The lowest BCUT2D eigenvalue weighted by Crippen LogP contribution is -2.38. The SMILES string of the molecule is CCOc1cc(N)cc(C(=O)NC2CCCC(CC)C2)c1. The van der Waals surface area contributed by atoms with Crippen molar-refractivity contribution in [1.29, 1.82) is 0 Å². The molecule has 2 unspecified atom stereocenters. The van der Waals surface area contributed by atoms with E-state index in [1.807, 2.05) is 6.92 Å². The number of rotatable bonds is 5. The molecule has 1 amide bonds. The van der Waals surface area contributed by atoms with Gasteiger partial charge < -0.3 is 15.8 Å². The van der Waals surface area contributed by atoms with Gasteiger partial charge in [-0.1, -0.05) is 26.2 Å². The van der Waals surface area contributed by atoms with Crippen LogP contribution in [0.25, 0.3) is 0 Å². The van der Waals surface area contributed by atoms with E-state index >= 15 is 0 Å². The van der Waals surface area contributed by atoms with Crippen LogP contribution in [0.3, 0.4) is 0 Å². The third-order valence-corrected chi connectivity index (χ3v) is 4.20. The van der Waals surface area contributed by atoms with Crippen LogP contribution in [-0.4, -0.2) is 18.6 Å². The molecule has 1 aromatic rings. The van der Waals surface area contributed by atoms with Gasteiger partial charge in [0.25, 0.3) is 5.91 Å². The van der Waals surface area contributed by atoms with Gasteiger partial charge in [0, 0.05) is 23.4 Å². The molecule has 2 rings (SSSR count). The molecule has 1 aromatic carbocycles. The first-order valence-corrected chi connectivity index (χ1v) is 7.96. The Balaban J connectivity index is 2.02. The molecule has 0 bridgehead atoms. The Morgan fingerprint density at radius 3 is 2.86 bits per heavy atom. The van der Waals surface area contributed by atoms with Gasteiger partial charge in [-0.2, -0.15) is 0 Å². The second-order valence-electron chi connectivity index (χ2n) is 5.84. The van der Waals surface area contributed by atoms with Crippen molar-refractivity contribution in [3.63, 3.8) is 0 Å². The molecule has 0 heterocycles. The fourth-order valence-electron chi connectivity index (χ4n) is 3.06. The Kier molecular flexibility index (Phi) is 5.48. The minimum absolute atomic E-state index is 0.0509. The summed E-state index contributed by atoms with van der Waals surface area (Å²) in [5.41, 5.74) is 6.98. The first-order valence-electron chi connectivity index (χ1n) is 7.96. The molecule has 1 aliphatic carbocycles. The molecular weight excluding hydrogens is 264 g/mol. The third-order valence-electron chi connectivity index (χ3n) is 4.20. The van der Waals surface area contributed by atoms with Crippen LogP contribution in [0.1, 0.15) is 56.3 Å². The number of hydrogen-bond acceptors (Lipinski definition) is 3. The van der Waals surface area contributed by atoms with Crippen LogP contribution in [0.4, 0.5) is 5.69 Å². The summed E-state index contributed by atoms with van der Waals surface area (Å²) in [6.07, 6.45) is 5.84. The van der Waals surface area contributed by atoms with Crippen LogP contribution in [0.5, 0.6) is 5.75 Å². The molecule has 116 valence electrons. The van der Waals surface area contributed by atoms with Crippen molar-refractivity contribution in [2.45, 2.75) is 52.0 Å². The topological polar surface area (TPSA) is 64.3 Å². The van der Waals surface area contributed by atoms with Gasteiger partial charge in [0.05, 0.1) is 6.61 Å². The summed E-state index contributed by atoms with van der Waals surface area (Å²) < 4.78 is 5.44. The molecule has 21 heavy (non-hydrogen) atoms. The van der Waals surface area contributed by atoms with Crippen molar-refractivity contribution in [2.24, 2.45) is 5.92 Å². The van der Waals surface area contributed by atoms with Crippen molar-refractivity contribution in [2.75, 3.05) is 12.3 Å². The molecule has 0 aliphatic heterocycles. The van der Waals surface area contributed by atoms with Gasteiger partial charge >= 0.3 is 0 Å². The van der Waals surface area contributed by atoms with Crippen LogP contribution in [0, 0.1) is 5.92 Å². The summed E-state index contributed by atoms with van der Waals surface area (Å²) in [6.45, 7) is 4.70. The monoisotopic (exact) mass is 290 g/mol. The van der Waals surface area contributed by atoms with Crippen molar-refractivity contribution >= 4 is 11.6 Å². The van der Waals surface area contributed by atoms with E-state index in [2.05, 4.69) is 12.2 Å². The van der Waals surface area contributed by atoms with Crippen molar-refractivity contribution in [3.8, 4) is 5.75 Å². The standard InChI is InChI=1S/C17H26N2O2/c1-3-12-6-5-7-15(8-12)19-17(20)13-9-14(18)11-16(10-13)21-4-2/h9-12,15H,3-8,18H2,1-2H3,(H,19,20). The normalized spacial score (nSPS) is 21.8. The number of nitrogens with one attached hydrogen (secondary N) is 1. The van der Waals surface area contributed by atoms with Gasteiger partial charge in [0.15, 0.2) is 0 Å². The summed E-state index contributed by atoms with van der Waals surface area (Å²) in [5.74, 6) is 1.34. The summed E-state index contributed by atoms with van der Waals surface area (Å²) in [5, 5.41) is 3.15. The Morgan fingerprint density at radius 1 is 1.33 bits per heavy atom. The highest BCUT2D eigenvalue weighted by atomic mass is 16.5. The molecule has 3 N–H and O–H groups in total. The molecule has 1 fully saturated rings. The molecule has 1 saturated carbocycles. The molecular formula is C17H26N2O2. The van der Waals surface area contributed by atoms with E-state index < -0.39 is 0 Å². The maximum Gasteiger partial charge on any atom is 0.251 e. The van der Waals surface area contributed by atoms with E-state index in [0.717, 1.165) is 18.8 Å². The number of nitrogen functional groups attached to an aromatic ring is 1. The van der Waals surface area contributed by atoms with Crippen molar-refractivity contribution in [1.82, 2.24) is 5.32 Å². The predicted octanol–water partition coefficient (Wildman–Crippen LogP) is 3.37. The molecule has 1 aliphatic rings. The van der Waals surface area contributed by atoms with Crippen LogP contribution in [0.2, 0.25) is 0 Å². The van der Waals surface area contributed by atoms with E-state index in [4.69, 9.17) is 10.5 Å². The first kappa shape index (κ1) is 15.7. The lowest BCUT2D eigenvalue weighted by Gasteiger charge is -2.29. The molecule has 0 saturated heterocycles. The molecule has 2 atom stereocenters. The van der Waals surface area contributed by atoms with Crippen LogP contribution in [-0.2, 0) is 0 Å². The number of benzene rings is 1. The Bertz CT molecular complexity index is 488. The fraction of sp³-hybridized carbons (Fsp3) is 0.588. The second kappa shape index (κ2) is 7.34. The van der Waals surface area contributed by atoms with E-state index in [1.54, 1.807) is 18.2 Å². The Hall–Kier alpha value is -1.71. The van der Waals surface area contributed by atoms with E-state index in [0.29, 0.717) is 23.6 Å². The maximum atomic E-state index is 12.4. The van der Waals surface area contributed by atoms with Crippen molar-refractivity contribution < 1.29 is 9.53 Å². The molecule has 4 heteroatoms. The highest BCUT2D eigenvalue weighted by Gasteiger charge is 2.22. The number of amides is 1. The molecule has 4 nitrogen and oxygen atoms in total. The summed E-state index contributed by atoms with van der Waals surface area (Å²) >= 11 is 0. The zero-order valence-electron chi connectivity index (χ0n) is 13.0. The van der Waals surface area contributed by atoms with Crippen LogP contribution < -0.4 is 15.8 Å². The average molecular weight is 290 g/mol. The summed E-state index contributed by atoms with van der Waals surface area (Å²) in [7, 11) is 0. The number of nitrogens with two attached hydrogens (primary N) is 1. The number of carbonyl (C=O) groups is 1. The Morgan fingerprint density at radius 2 is 2.14 bits per heavy atom. The van der Waals surface area contributed by atoms with Gasteiger partial charge in [-0.25, -0.2) is 0 Å². The molecule has 0 radical (unpaired) electrons. The number of carbonyl (C=O) groups excluding carboxylic acids is 1. The van der Waals surface area contributed by atoms with E-state index in [-0.39, 0.29) is 11.9 Å². The third kappa shape index (κ3) is 4.38. The quantitative estimate of drug-likeness (QED) is 0.817. The summed E-state index contributed by atoms with van der Waals surface area (Å²) in [4.78, 5) is 12.4. The largest absolute Gasteiger partial charge is 0.494 e. The summed E-state index contributed by atoms with van der Waals surface area (Å²) in [6, 6.07) is 5.49. The first-order chi connectivity index (χ1) is 10.1. The van der Waals surface area contributed by atoms with E-state index in [9.17, 15) is 4.79 Å². The smallest absolute Gasteiger partial charge is 0.251 e.